The fraction of sp³-hybridized carbons (Fsp3) is 0.0938. The number of nitrogens with one attached hydrogen (secondary N) is 1. The Morgan fingerprint density at radius 3 is 2.27 bits per heavy atom. The highest BCUT2D eigenvalue weighted by molar-refractivity contribution is 6.39. The predicted octanol–water partition coefficient (Wildman–Crippen LogP) is 6.17. The first-order valence-corrected chi connectivity index (χ1v) is 13.0. The SMILES string of the molecule is COc1cc(COc2ccccc2/C=C2\C(=O)NC(=O)N(c3cccc(Cl)c3)C2=O)ccc1OCc1ccccc1. The van der Waals surface area contributed by atoms with Crippen LogP contribution in [0, 0.1) is 0 Å². The van der Waals surface area contributed by atoms with Crippen LogP contribution in [0.2, 0.25) is 5.02 Å². The lowest BCUT2D eigenvalue weighted by atomic mass is 10.1. The molecule has 0 atom stereocenters. The number of urea groups is 1. The monoisotopic (exact) mass is 568 g/mol. The van der Waals surface area contributed by atoms with E-state index in [2.05, 4.69) is 5.32 Å². The molecule has 9 heteroatoms. The average Bonchev–Trinajstić information content (AvgIpc) is 2.98. The highest BCUT2D eigenvalue weighted by atomic mass is 35.5. The number of hydrogen-bond acceptors (Lipinski definition) is 6. The van der Waals surface area contributed by atoms with Gasteiger partial charge in [0.05, 0.1) is 12.8 Å². The normalized spacial score (nSPS) is 14.1. The number of ether oxygens (including phenoxy) is 3. The van der Waals surface area contributed by atoms with Gasteiger partial charge in [0.1, 0.15) is 24.5 Å². The summed E-state index contributed by atoms with van der Waals surface area (Å²) in [6.07, 6.45) is 1.40. The minimum Gasteiger partial charge on any atom is -0.493 e. The van der Waals surface area contributed by atoms with Crippen LogP contribution >= 0.6 is 11.6 Å². The van der Waals surface area contributed by atoms with Crippen molar-refractivity contribution >= 4 is 41.2 Å². The minimum atomic E-state index is -0.853. The first-order valence-electron chi connectivity index (χ1n) is 12.7. The number of imide groups is 2. The van der Waals surface area contributed by atoms with Crippen molar-refractivity contribution in [2.45, 2.75) is 13.2 Å². The Kier molecular flexibility index (Phi) is 8.31. The summed E-state index contributed by atoms with van der Waals surface area (Å²) in [5.74, 6) is 0.0317. The number of anilines is 1. The lowest BCUT2D eigenvalue weighted by Crippen LogP contribution is -2.54. The molecule has 4 aromatic carbocycles. The zero-order valence-corrected chi connectivity index (χ0v) is 22.8. The van der Waals surface area contributed by atoms with Gasteiger partial charge in [-0.05, 0) is 53.6 Å². The molecule has 1 fully saturated rings. The van der Waals surface area contributed by atoms with Crippen LogP contribution in [-0.2, 0) is 22.8 Å². The number of carbonyl (C=O) groups is 3. The maximum atomic E-state index is 13.3. The van der Waals surface area contributed by atoms with Crippen molar-refractivity contribution in [2.24, 2.45) is 0 Å². The largest absolute Gasteiger partial charge is 0.493 e. The Balaban J connectivity index is 1.33. The molecule has 1 saturated heterocycles. The molecule has 8 nitrogen and oxygen atoms in total. The Hall–Kier alpha value is -5.08. The van der Waals surface area contributed by atoms with Crippen LogP contribution in [0.3, 0.4) is 0 Å². The number of benzene rings is 4. The topological polar surface area (TPSA) is 94.2 Å². The molecule has 0 spiro atoms. The lowest BCUT2D eigenvalue weighted by Gasteiger charge is -2.26. The average molecular weight is 569 g/mol. The molecule has 0 aromatic heterocycles. The minimum absolute atomic E-state index is 0.183. The number of carbonyl (C=O) groups excluding carboxylic acids is 3. The van der Waals surface area contributed by atoms with Crippen LogP contribution < -0.4 is 24.4 Å². The summed E-state index contributed by atoms with van der Waals surface area (Å²) in [5.41, 5.74) is 2.37. The van der Waals surface area contributed by atoms with Gasteiger partial charge in [-0.15, -0.1) is 0 Å². The third-order valence-corrected chi connectivity index (χ3v) is 6.48. The zero-order valence-electron chi connectivity index (χ0n) is 22.0. The molecule has 41 heavy (non-hydrogen) atoms. The third kappa shape index (κ3) is 6.40. The summed E-state index contributed by atoms with van der Waals surface area (Å²) in [5, 5.41) is 2.56. The molecule has 1 aliphatic rings. The second kappa shape index (κ2) is 12.4. The highest BCUT2D eigenvalue weighted by Gasteiger charge is 2.37. The summed E-state index contributed by atoms with van der Waals surface area (Å²) < 4.78 is 17.5. The second-order valence-corrected chi connectivity index (χ2v) is 9.46. The standard InChI is InChI=1S/C32H25ClN2O6/c1-39-29-16-22(14-15-28(29)41-19-21-8-3-2-4-9-21)20-40-27-13-6-5-10-23(27)17-26-30(36)34-32(38)35(31(26)37)25-12-7-11-24(33)18-25/h2-18H,19-20H2,1H3,(H,34,36,38)/b26-17+. The molecule has 0 aliphatic carbocycles. The van der Waals surface area contributed by atoms with Gasteiger partial charge in [0.25, 0.3) is 11.8 Å². The van der Waals surface area contributed by atoms with Gasteiger partial charge in [0.15, 0.2) is 11.5 Å². The van der Waals surface area contributed by atoms with Crippen LogP contribution in [0.5, 0.6) is 17.2 Å². The summed E-state index contributed by atoms with van der Waals surface area (Å²) >= 11 is 6.05. The van der Waals surface area contributed by atoms with Crippen LogP contribution in [0.25, 0.3) is 6.08 Å². The number of para-hydroxylation sites is 1. The van der Waals surface area contributed by atoms with Gasteiger partial charge in [-0.2, -0.15) is 0 Å². The van der Waals surface area contributed by atoms with Gasteiger partial charge >= 0.3 is 6.03 Å². The maximum absolute atomic E-state index is 13.3. The van der Waals surface area contributed by atoms with Crippen LogP contribution in [-0.4, -0.2) is 25.0 Å². The van der Waals surface area contributed by atoms with E-state index in [9.17, 15) is 14.4 Å². The van der Waals surface area contributed by atoms with Crippen molar-refractivity contribution in [3.8, 4) is 17.2 Å². The van der Waals surface area contributed by atoms with Crippen molar-refractivity contribution in [1.82, 2.24) is 5.32 Å². The number of rotatable bonds is 9. The molecule has 0 saturated carbocycles. The Morgan fingerprint density at radius 1 is 0.756 bits per heavy atom. The summed E-state index contributed by atoms with van der Waals surface area (Å²) in [6.45, 7) is 0.588. The Labute approximate surface area is 241 Å². The van der Waals surface area contributed by atoms with E-state index in [0.29, 0.717) is 34.4 Å². The Bertz CT molecular complexity index is 1640. The molecule has 1 N–H and O–H groups in total. The lowest BCUT2D eigenvalue weighted by molar-refractivity contribution is -0.122. The maximum Gasteiger partial charge on any atom is 0.335 e. The smallest absolute Gasteiger partial charge is 0.335 e. The molecule has 4 aromatic rings. The van der Waals surface area contributed by atoms with Crippen molar-refractivity contribution in [2.75, 3.05) is 12.0 Å². The van der Waals surface area contributed by atoms with Gasteiger partial charge in [-0.25, -0.2) is 9.69 Å². The number of amides is 4. The molecule has 0 bridgehead atoms. The first-order chi connectivity index (χ1) is 19.9. The molecule has 0 unspecified atom stereocenters. The van der Waals surface area contributed by atoms with E-state index in [1.54, 1.807) is 49.6 Å². The van der Waals surface area contributed by atoms with Crippen molar-refractivity contribution in [3.05, 3.63) is 124 Å². The zero-order chi connectivity index (χ0) is 28.8. The van der Waals surface area contributed by atoms with E-state index in [4.69, 9.17) is 25.8 Å². The van der Waals surface area contributed by atoms with E-state index in [0.717, 1.165) is 16.0 Å². The number of halogens is 1. The molecular formula is C32H25ClN2O6. The number of barbiturate groups is 1. The van der Waals surface area contributed by atoms with Gasteiger partial charge in [0.2, 0.25) is 0 Å². The highest BCUT2D eigenvalue weighted by Crippen LogP contribution is 2.31. The van der Waals surface area contributed by atoms with Gasteiger partial charge in [-0.1, -0.05) is 72.3 Å². The van der Waals surface area contributed by atoms with Crippen molar-refractivity contribution in [3.63, 3.8) is 0 Å². The van der Waals surface area contributed by atoms with Crippen molar-refractivity contribution < 1.29 is 28.6 Å². The molecule has 206 valence electrons. The summed E-state index contributed by atoms with van der Waals surface area (Å²) in [7, 11) is 1.57. The predicted molar refractivity (Wildman–Crippen MR) is 155 cm³/mol. The number of hydrogen-bond donors (Lipinski definition) is 1. The molecule has 0 radical (unpaired) electrons. The quantitative estimate of drug-likeness (QED) is 0.192. The van der Waals surface area contributed by atoms with Crippen molar-refractivity contribution in [1.29, 1.82) is 0 Å². The van der Waals surface area contributed by atoms with Gasteiger partial charge in [0, 0.05) is 10.6 Å². The fourth-order valence-corrected chi connectivity index (χ4v) is 4.40. The first kappa shape index (κ1) is 27.5. The van der Waals surface area contributed by atoms with Gasteiger partial charge < -0.3 is 14.2 Å². The number of methoxy groups -OCH3 is 1. The van der Waals surface area contributed by atoms with Gasteiger partial charge in [-0.3, -0.25) is 14.9 Å². The Morgan fingerprint density at radius 2 is 1.49 bits per heavy atom. The number of nitrogens with zero attached hydrogens (tertiary/aromatic N) is 1. The van der Waals surface area contributed by atoms with Crippen LogP contribution in [0.4, 0.5) is 10.5 Å². The van der Waals surface area contributed by atoms with E-state index in [-0.39, 0.29) is 17.9 Å². The fourth-order valence-electron chi connectivity index (χ4n) is 4.21. The van der Waals surface area contributed by atoms with E-state index in [1.807, 2.05) is 48.5 Å². The van der Waals surface area contributed by atoms with E-state index >= 15 is 0 Å². The summed E-state index contributed by atoms with van der Waals surface area (Å²) in [6, 6.07) is 27.7. The van der Waals surface area contributed by atoms with Crippen LogP contribution in [0.15, 0.2) is 103 Å². The third-order valence-electron chi connectivity index (χ3n) is 6.25. The van der Waals surface area contributed by atoms with E-state index < -0.39 is 17.8 Å². The molecule has 1 aliphatic heterocycles. The summed E-state index contributed by atoms with van der Waals surface area (Å²) in [4.78, 5) is 39.3. The molecule has 1 heterocycles. The molecule has 4 amide bonds. The molecular weight excluding hydrogens is 544 g/mol. The second-order valence-electron chi connectivity index (χ2n) is 9.02. The van der Waals surface area contributed by atoms with E-state index in [1.165, 1.54) is 12.1 Å². The molecule has 5 rings (SSSR count). The van der Waals surface area contributed by atoms with Crippen LogP contribution in [0.1, 0.15) is 16.7 Å².